The second kappa shape index (κ2) is 6.03. The molecule has 0 amide bonds. The molecule has 5 rings (SSSR count). The summed E-state index contributed by atoms with van der Waals surface area (Å²) < 4.78 is 0. The zero-order valence-corrected chi connectivity index (χ0v) is 14.7. The van der Waals surface area contributed by atoms with Crippen molar-refractivity contribution in [3.05, 3.63) is 96.1 Å². The molecule has 1 aliphatic rings. The summed E-state index contributed by atoms with van der Waals surface area (Å²) in [6, 6.07) is 27.6. The SMILES string of the molecule is Oc1c(-c2ccccc2)c(O)c2c(c1-c1ccccc1)Cc1ccccc1-2. The number of fused-ring (bicyclic) bond motifs is 3. The van der Waals surface area contributed by atoms with Gasteiger partial charge in [-0.3, -0.25) is 0 Å². The predicted octanol–water partition coefficient (Wildman–Crippen LogP) is 6.00. The zero-order valence-electron chi connectivity index (χ0n) is 14.7. The van der Waals surface area contributed by atoms with Crippen LogP contribution in [0.3, 0.4) is 0 Å². The fourth-order valence-corrected chi connectivity index (χ4v) is 4.14. The van der Waals surface area contributed by atoms with Gasteiger partial charge in [0.25, 0.3) is 0 Å². The Morgan fingerprint density at radius 3 is 1.70 bits per heavy atom. The standard InChI is InChI=1S/C25H18O2/c26-24-21(16-9-3-1-4-10-16)20-15-18-13-7-8-14-19(18)23(20)25(27)22(24)17-11-5-2-6-12-17/h1-14,26-27H,15H2. The van der Waals surface area contributed by atoms with E-state index in [0.717, 1.165) is 33.4 Å². The molecule has 4 aromatic rings. The maximum atomic E-state index is 11.3. The molecule has 0 fully saturated rings. The molecular formula is C25H18O2. The number of aromatic hydroxyl groups is 2. The van der Waals surface area contributed by atoms with E-state index < -0.39 is 0 Å². The summed E-state index contributed by atoms with van der Waals surface area (Å²) in [7, 11) is 0. The van der Waals surface area contributed by atoms with Gasteiger partial charge in [0, 0.05) is 11.1 Å². The minimum atomic E-state index is 0.136. The molecule has 4 aromatic carbocycles. The van der Waals surface area contributed by atoms with Crippen LogP contribution in [-0.2, 0) is 6.42 Å². The molecule has 27 heavy (non-hydrogen) atoms. The van der Waals surface area contributed by atoms with E-state index in [9.17, 15) is 10.2 Å². The Kier molecular flexibility index (Phi) is 3.51. The highest BCUT2D eigenvalue weighted by Crippen LogP contribution is 2.55. The van der Waals surface area contributed by atoms with Gasteiger partial charge in [0.1, 0.15) is 11.5 Å². The first-order valence-electron chi connectivity index (χ1n) is 9.05. The minimum Gasteiger partial charge on any atom is -0.506 e. The molecule has 0 saturated heterocycles. The highest BCUT2D eigenvalue weighted by Gasteiger charge is 2.30. The van der Waals surface area contributed by atoms with Crippen LogP contribution in [0.25, 0.3) is 33.4 Å². The Bertz CT molecular complexity index is 1140. The lowest BCUT2D eigenvalue weighted by Crippen LogP contribution is -1.93. The molecule has 0 aromatic heterocycles. The van der Waals surface area contributed by atoms with Crippen LogP contribution in [0.15, 0.2) is 84.9 Å². The van der Waals surface area contributed by atoms with E-state index in [2.05, 4.69) is 6.07 Å². The summed E-state index contributed by atoms with van der Waals surface area (Å²) in [4.78, 5) is 0. The molecule has 0 heterocycles. The second-order valence-electron chi connectivity index (χ2n) is 6.87. The molecule has 0 spiro atoms. The molecule has 2 nitrogen and oxygen atoms in total. The first-order chi connectivity index (χ1) is 13.3. The van der Waals surface area contributed by atoms with Gasteiger partial charge in [0.2, 0.25) is 0 Å². The Labute approximate surface area is 158 Å². The first kappa shape index (κ1) is 15.7. The molecule has 0 atom stereocenters. The topological polar surface area (TPSA) is 40.5 Å². The molecule has 0 aliphatic heterocycles. The summed E-state index contributed by atoms with van der Waals surface area (Å²) in [6.45, 7) is 0. The van der Waals surface area contributed by atoms with E-state index in [0.29, 0.717) is 12.0 Å². The van der Waals surface area contributed by atoms with Crippen LogP contribution in [0, 0.1) is 0 Å². The number of phenolic OH excluding ortho intramolecular Hbond substituents is 2. The van der Waals surface area contributed by atoms with Crippen molar-refractivity contribution in [2.75, 3.05) is 0 Å². The highest BCUT2D eigenvalue weighted by molar-refractivity contribution is 5.99. The Balaban J connectivity index is 1.91. The summed E-state index contributed by atoms with van der Waals surface area (Å²) in [6.07, 6.45) is 0.700. The van der Waals surface area contributed by atoms with Crippen LogP contribution in [0.1, 0.15) is 11.1 Å². The minimum absolute atomic E-state index is 0.136. The monoisotopic (exact) mass is 350 g/mol. The van der Waals surface area contributed by atoms with Crippen LogP contribution in [-0.4, -0.2) is 10.2 Å². The van der Waals surface area contributed by atoms with Crippen molar-refractivity contribution in [2.24, 2.45) is 0 Å². The van der Waals surface area contributed by atoms with Gasteiger partial charge in [0.05, 0.1) is 5.56 Å². The summed E-state index contributed by atoms with van der Waals surface area (Å²) >= 11 is 0. The number of hydrogen-bond donors (Lipinski definition) is 2. The molecule has 0 saturated carbocycles. The van der Waals surface area contributed by atoms with Gasteiger partial charge in [-0.05, 0) is 34.2 Å². The van der Waals surface area contributed by atoms with Crippen molar-refractivity contribution in [3.63, 3.8) is 0 Å². The van der Waals surface area contributed by atoms with E-state index in [-0.39, 0.29) is 11.5 Å². The van der Waals surface area contributed by atoms with Gasteiger partial charge in [0.15, 0.2) is 0 Å². The first-order valence-corrected chi connectivity index (χ1v) is 9.05. The van der Waals surface area contributed by atoms with Gasteiger partial charge in [-0.1, -0.05) is 84.9 Å². The van der Waals surface area contributed by atoms with Crippen LogP contribution in [0.2, 0.25) is 0 Å². The third kappa shape index (κ3) is 2.34. The molecule has 130 valence electrons. The average molecular weight is 350 g/mol. The average Bonchev–Trinajstić information content (AvgIpc) is 3.09. The maximum Gasteiger partial charge on any atom is 0.135 e. The quantitative estimate of drug-likeness (QED) is 0.410. The summed E-state index contributed by atoms with van der Waals surface area (Å²) in [5.74, 6) is 0.287. The van der Waals surface area contributed by atoms with E-state index in [4.69, 9.17) is 0 Å². The van der Waals surface area contributed by atoms with E-state index >= 15 is 0 Å². The van der Waals surface area contributed by atoms with Gasteiger partial charge >= 0.3 is 0 Å². The Morgan fingerprint density at radius 1 is 0.519 bits per heavy atom. The zero-order chi connectivity index (χ0) is 18.4. The number of rotatable bonds is 2. The lowest BCUT2D eigenvalue weighted by Gasteiger charge is -2.18. The largest absolute Gasteiger partial charge is 0.506 e. The van der Waals surface area contributed by atoms with Gasteiger partial charge in [-0.2, -0.15) is 0 Å². The van der Waals surface area contributed by atoms with Crippen molar-refractivity contribution in [1.82, 2.24) is 0 Å². The van der Waals surface area contributed by atoms with Crippen molar-refractivity contribution in [1.29, 1.82) is 0 Å². The number of phenols is 2. The molecule has 0 bridgehead atoms. The second-order valence-corrected chi connectivity index (χ2v) is 6.87. The van der Waals surface area contributed by atoms with Gasteiger partial charge < -0.3 is 10.2 Å². The number of hydrogen-bond acceptors (Lipinski definition) is 2. The smallest absolute Gasteiger partial charge is 0.135 e. The van der Waals surface area contributed by atoms with E-state index in [1.807, 2.05) is 78.9 Å². The molecule has 0 radical (unpaired) electrons. The molecule has 1 aliphatic carbocycles. The lowest BCUT2D eigenvalue weighted by atomic mass is 9.88. The fourth-order valence-electron chi connectivity index (χ4n) is 4.14. The molecule has 2 N–H and O–H groups in total. The molecule has 0 unspecified atom stereocenters. The highest BCUT2D eigenvalue weighted by atomic mass is 16.3. The summed E-state index contributed by atoms with van der Waals surface area (Å²) in [5.41, 5.74) is 7.08. The number of benzene rings is 4. The van der Waals surface area contributed by atoms with Gasteiger partial charge in [-0.15, -0.1) is 0 Å². The fraction of sp³-hybridized carbons (Fsp3) is 0.0400. The van der Waals surface area contributed by atoms with Crippen molar-refractivity contribution < 1.29 is 10.2 Å². The van der Waals surface area contributed by atoms with Crippen LogP contribution < -0.4 is 0 Å². The van der Waals surface area contributed by atoms with Crippen LogP contribution in [0.4, 0.5) is 0 Å². The van der Waals surface area contributed by atoms with Gasteiger partial charge in [-0.25, -0.2) is 0 Å². The van der Waals surface area contributed by atoms with Crippen molar-refractivity contribution >= 4 is 0 Å². The maximum absolute atomic E-state index is 11.3. The summed E-state index contributed by atoms with van der Waals surface area (Å²) in [5, 5.41) is 22.5. The Hall–Kier alpha value is -3.52. The van der Waals surface area contributed by atoms with Crippen LogP contribution in [0.5, 0.6) is 11.5 Å². The predicted molar refractivity (Wildman–Crippen MR) is 109 cm³/mol. The van der Waals surface area contributed by atoms with Crippen LogP contribution >= 0.6 is 0 Å². The normalized spacial score (nSPS) is 11.9. The molecule has 2 heteroatoms. The lowest BCUT2D eigenvalue weighted by molar-refractivity contribution is 0.456. The van der Waals surface area contributed by atoms with Crippen molar-refractivity contribution in [3.8, 4) is 44.9 Å². The third-order valence-corrected chi connectivity index (χ3v) is 5.33. The van der Waals surface area contributed by atoms with E-state index in [1.165, 1.54) is 5.56 Å². The van der Waals surface area contributed by atoms with Crippen molar-refractivity contribution in [2.45, 2.75) is 6.42 Å². The van der Waals surface area contributed by atoms with E-state index in [1.54, 1.807) is 0 Å². The third-order valence-electron chi connectivity index (χ3n) is 5.33. The Morgan fingerprint density at radius 2 is 1.04 bits per heavy atom. The molecular weight excluding hydrogens is 332 g/mol.